The van der Waals surface area contributed by atoms with E-state index in [-0.39, 0.29) is 18.9 Å². The molecule has 2 rings (SSSR count). The molecule has 2 saturated heterocycles. The Morgan fingerprint density at radius 2 is 0.800 bits per heavy atom. The number of carbonyl (C=O) groups excluding carboxylic acids is 1. The van der Waals surface area contributed by atoms with Gasteiger partial charge in [0.2, 0.25) is 5.91 Å². The molecular weight excluding hydrogens is 1070 g/mol. The molecule has 12 unspecified atom stereocenters. The van der Waals surface area contributed by atoms with E-state index in [1.54, 1.807) is 6.08 Å². The molecule has 0 aromatic heterocycles. The Labute approximate surface area is 517 Å². The fraction of sp³-hybridized carbons (Fsp3) is 0.845. The maximum absolute atomic E-state index is 13.3. The van der Waals surface area contributed by atoms with Gasteiger partial charge in [-0.3, -0.25) is 4.79 Å². The Hall–Kier alpha value is -2.31. The molecule has 0 bridgehead atoms. The van der Waals surface area contributed by atoms with Gasteiger partial charge >= 0.3 is 0 Å². The standard InChI is InChI=1S/C71H129NO13/c1-3-5-7-9-11-13-15-17-18-19-20-21-22-23-24-25-26-27-28-29-30-31-32-33-34-35-36-37-38-39-40-41-42-43-45-47-49-51-53-55-63(76)72-59(60(75)54-52-50-48-46-44-16-14-12-10-8-6-4-2)58-82-70-68(81)66(79)69(62(57-74)84-70)85-71-67(80)65(78)64(77)61(56-73)83-71/h10,12,15,17,19-20,44,46,52,54,59-62,64-71,73-75,77-81H,3-9,11,13-14,16,18,21-43,45,47-51,53,55-58H2,1-2H3,(H,72,76)/b12-10+,17-15-,20-19-,46-44+,54-52+. The summed E-state index contributed by atoms with van der Waals surface area (Å²) in [5, 5.41) is 87.1. The fourth-order valence-corrected chi connectivity index (χ4v) is 11.3. The van der Waals surface area contributed by atoms with E-state index in [9.17, 15) is 45.6 Å². The van der Waals surface area contributed by atoms with Crippen LogP contribution in [0.25, 0.3) is 0 Å². The predicted molar refractivity (Wildman–Crippen MR) is 346 cm³/mol. The number of ether oxygens (including phenoxy) is 4. The molecule has 0 aromatic carbocycles. The second-order valence-electron chi connectivity index (χ2n) is 24.6. The molecule has 2 heterocycles. The first-order valence-electron chi connectivity index (χ1n) is 35.0. The van der Waals surface area contributed by atoms with Crippen LogP contribution in [0.4, 0.5) is 0 Å². The molecule has 0 aromatic rings. The van der Waals surface area contributed by atoms with Crippen molar-refractivity contribution in [2.24, 2.45) is 0 Å². The molecule has 12 atom stereocenters. The van der Waals surface area contributed by atoms with Crippen LogP contribution in [0.15, 0.2) is 60.8 Å². The van der Waals surface area contributed by atoms with Gasteiger partial charge in [-0.1, -0.05) is 274 Å². The smallest absolute Gasteiger partial charge is 0.220 e. The van der Waals surface area contributed by atoms with Crippen LogP contribution in [0, 0.1) is 0 Å². The molecule has 2 aliphatic heterocycles. The van der Waals surface area contributed by atoms with Crippen molar-refractivity contribution in [2.45, 2.75) is 364 Å². The molecule has 0 spiro atoms. The molecular formula is C71H129NO13. The fourth-order valence-electron chi connectivity index (χ4n) is 11.3. The van der Waals surface area contributed by atoms with Crippen molar-refractivity contribution in [3.63, 3.8) is 0 Å². The number of rotatable bonds is 57. The zero-order valence-electron chi connectivity index (χ0n) is 53.8. The van der Waals surface area contributed by atoms with Gasteiger partial charge in [0.1, 0.15) is 48.8 Å². The number of allylic oxidation sites excluding steroid dienone is 9. The Morgan fingerprint density at radius 1 is 0.424 bits per heavy atom. The Bertz CT molecular complexity index is 1660. The number of hydrogen-bond acceptors (Lipinski definition) is 13. The minimum absolute atomic E-state index is 0.251. The van der Waals surface area contributed by atoms with Gasteiger partial charge in [0.25, 0.3) is 0 Å². The third-order valence-corrected chi connectivity index (χ3v) is 16.9. The molecule has 2 aliphatic rings. The van der Waals surface area contributed by atoms with E-state index >= 15 is 0 Å². The van der Waals surface area contributed by atoms with Crippen molar-refractivity contribution in [1.29, 1.82) is 0 Å². The zero-order chi connectivity index (χ0) is 61.6. The molecule has 9 N–H and O–H groups in total. The highest BCUT2D eigenvalue weighted by Crippen LogP contribution is 2.30. The van der Waals surface area contributed by atoms with Gasteiger partial charge in [0.15, 0.2) is 12.6 Å². The third kappa shape index (κ3) is 40.1. The van der Waals surface area contributed by atoms with Crippen LogP contribution in [0.3, 0.4) is 0 Å². The summed E-state index contributed by atoms with van der Waals surface area (Å²) < 4.78 is 22.8. The van der Waals surface area contributed by atoms with Crippen LogP contribution in [-0.2, 0) is 23.7 Å². The minimum Gasteiger partial charge on any atom is -0.394 e. The lowest BCUT2D eigenvalue weighted by Crippen LogP contribution is -2.65. The third-order valence-electron chi connectivity index (χ3n) is 16.9. The quantitative estimate of drug-likeness (QED) is 0.0204. The number of aliphatic hydroxyl groups excluding tert-OH is 8. The summed E-state index contributed by atoms with van der Waals surface area (Å²) in [5.41, 5.74) is 0. The second-order valence-corrected chi connectivity index (χ2v) is 24.6. The van der Waals surface area contributed by atoms with Crippen molar-refractivity contribution < 1.29 is 64.6 Å². The lowest BCUT2D eigenvalue weighted by molar-refractivity contribution is -0.359. The van der Waals surface area contributed by atoms with Crippen molar-refractivity contribution in [3.05, 3.63) is 60.8 Å². The van der Waals surface area contributed by atoms with Crippen LogP contribution in [0.5, 0.6) is 0 Å². The summed E-state index contributed by atoms with van der Waals surface area (Å²) in [4.78, 5) is 13.3. The van der Waals surface area contributed by atoms with Gasteiger partial charge < -0.3 is 65.1 Å². The van der Waals surface area contributed by atoms with Gasteiger partial charge in [-0.05, 0) is 70.6 Å². The topological polar surface area (TPSA) is 228 Å². The molecule has 1 amide bonds. The number of nitrogens with one attached hydrogen (secondary N) is 1. The summed E-state index contributed by atoms with van der Waals surface area (Å²) in [6.07, 6.45) is 57.5. The van der Waals surface area contributed by atoms with E-state index < -0.39 is 86.8 Å². The van der Waals surface area contributed by atoms with Gasteiger partial charge in [-0.25, -0.2) is 0 Å². The highest BCUT2D eigenvalue weighted by Gasteiger charge is 2.51. The molecule has 85 heavy (non-hydrogen) atoms. The Kier molecular flexibility index (Phi) is 51.7. The molecule has 496 valence electrons. The average molecular weight is 1200 g/mol. The molecule has 2 fully saturated rings. The molecule has 14 nitrogen and oxygen atoms in total. The highest BCUT2D eigenvalue weighted by molar-refractivity contribution is 5.76. The first-order chi connectivity index (χ1) is 41.6. The summed E-state index contributed by atoms with van der Waals surface area (Å²) in [6, 6.07) is -0.937. The Morgan fingerprint density at radius 3 is 1.26 bits per heavy atom. The highest BCUT2D eigenvalue weighted by atomic mass is 16.7. The lowest BCUT2D eigenvalue weighted by atomic mass is 9.97. The molecule has 0 aliphatic carbocycles. The molecule has 14 heteroatoms. The summed E-state index contributed by atoms with van der Waals surface area (Å²) in [5.74, 6) is -0.251. The summed E-state index contributed by atoms with van der Waals surface area (Å²) in [6.45, 7) is 2.72. The lowest BCUT2D eigenvalue weighted by Gasteiger charge is -2.46. The number of carbonyl (C=O) groups is 1. The van der Waals surface area contributed by atoms with Crippen molar-refractivity contribution in [3.8, 4) is 0 Å². The van der Waals surface area contributed by atoms with Crippen LogP contribution in [-0.4, -0.2) is 140 Å². The van der Waals surface area contributed by atoms with Crippen LogP contribution < -0.4 is 5.32 Å². The van der Waals surface area contributed by atoms with Gasteiger partial charge in [0.05, 0.1) is 32.0 Å². The largest absolute Gasteiger partial charge is 0.394 e. The average Bonchev–Trinajstić information content (AvgIpc) is 3.66. The van der Waals surface area contributed by atoms with E-state index in [2.05, 4.69) is 67.8 Å². The summed E-state index contributed by atoms with van der Waals surface area (Å²) in [7, 11) is 0. The minimum atomic E-state index is -1.79. The van der Waals surface area contributed by atoms with Crippen LogP contribution in [0.1, 0.15) is 290 Å². The normalized spacial score (nSPS) is 23.9. The van der Waals surface area contributed by atoms with E-state index in [0.717, 1.165) is 51.4 Å². The van der Waals surface area contributed by atoms with Gasteiger partial charge in [-0.15, -0.1) is 0 Å². The van der Waals surface area contributed by atoms with Crippen molar-refractivity contribution in [2.75, 3.05) is 19.8 Å². The first kappa shape index (κ1) is 78.8. The predicted octanol–water partition coefficient (Wildman–Crippen LogP) is 14.1. The number of hydrogen-bond donors (Lipinski definition) is 9. The van der Waals surface area contributed by atoms with E-state index in [1.165, 1.54) is 205 Å². The van der Waals surface area contributed by atoms with E-state index in [0.29, 0.717) is 12.8 Å². The molecule has 0 saturated carbocycles. The maximum atomic E-state index is 13.3. The number of aliphatic hydroxyl groups is 8. The first-order valence-corrected chi connectivity index (χ1v) is 35.0. The van der Waals surface area contributed by atoms with Crippen molar-refractivity contribution in [1.82, 2.24) is 5.32 Å². The van der Waals surface area contributed by atoms with E-state index in [1.807, 2.05) is 6.08 Å². The second kappa shape index (κ2) is 55.7. The SMILES string of the molecule is CCCC/C=C/CC/C=C/CC/C=C/C(O)C(COC1OC(CO)C(OC2OC(CO)C(O)C(O)C2O)C(O)C1O)NC(=O)CCCCCCCCCCCCCCCCCCCCCCCCCCCCC/C=C\C/C=C\CCCCCCC. The van der Waals surface area contributed by atoms with Gasteiger partial charge in [-0.2, -0.15) is 0 Å². The van der Waals surface area contributed by atoms with E-state index in [4.69, 9.17) is 18.9 Å². The monoisotopic (exact) mass is 1200 g/mol. The zero-order valence-corrected chi connectivity index (χ0v) is 53.8. The maximum Gasteiger partial charge on any atom is 0.220 e. The number of amides is 1. The van der Waals surface area contributed by atoms with Crippen LogP contribution >= 0.6 is 0 Å². The molecule has 0 radical (unpaired) electrons. The summed E-state index contributed by atoms with van der Waals surface area (Å²) >= 11 is 0. The van der Waals surface area contributed by atoms with Gasteiger partial charge in [0, 0.05) is 6.42 Å². The Balaban J connectivity index is 1.54. The van der Waals surface area contributed by atoms with Crippen LogP contribution in [0.2, 0.25) is 0 Å². The van der Waals surface area contributed by atoms with Crippen molar-refractivity contribution >= 4 is 5.91 Å². The number of unbranched alkanes of at least 4 members (excludes halogenated alkanes) is 36.